The minimum atomic E-state index is -3.83. The fourth-order valence-electron chi connectivity index (χ4n) is 2.10. The lowest BCUT2D eigenvalue weighted by atomic mass is 10.1. The van der Waals surface area contributed by atoms with E-state index in [2.05, 4.69) is 0 Å². The predicted molar refractivity (Wildman–Crippen MR) is 82.3 cm³/mol. The molecule has 0 saturated carbocycles. The molecular weight excluding hydrogens is 291 g/mol. The molecule has 112 valence electrons. The fraction of sp³-hybridized carbons (Fsp3) is 0.200. The van der Waals surface area contributed by atoms with Crippen LogP contribution in [0.25, 0.3) is 0 Å². The fourth-order valence-corrected chi connectivity index (χ4v) is 3.29. The van der Waals surface area contributed by atoms with Crippen LogP contribution in [0.1, 0.15) is 11.1 Å². The molecule has 0 aromatic heterocycles. The van der Waals surface area contributed by atoms with E-state index >= 15 is 0 Å². The van der Waals surface area contributed by atoms with Gasteiger partial charge in [-0.25, -0.2) is 12.8 Å². The molecule has 0 atom stereocenters. The molecular formula is C15H17FN2O2S. The van der Waals surface area contributed by atoms with Gasteiger partial charge in [-0.1, -0.05) is 6.07 Å². The number of benzene rings is 2. The summed E-state index contributed by atoms with van der Waals surface area (Å²) in [6.07, 6.45) is 0. The maximum absolute atomic E-state index is 13.5. The molecule has 21 heavy (non-hydrogen) atoms. The average molecular weight is 308 g/mol. The molecule has 4 nitrogen and oxygen atoms in total. The van der Waals surface area contributed by atoms with Gasteiger partial charge in [-0.05, 0) is 55.3 Å². The third kappa shape index (κ3) is 3.00. The number of hydrogen-bond acceptors (Lipinski definition) is 3. The van der Waals surface area contributed by atoms with Crippen molar-refractivity contribution in [3.05, 3.63) is 53.3 Å². The van der Waals surface area contributed by atoms with Crippen molar-refractivity contribution in [1.82, 2.24) is 0 Å². The summed E-state index contributed by atoms with van der Waals surface area (Å²) in [5.74, 6) is -0.745. The number of hydrogen-bond donors (Lipinski definition) is 1. The van der Waals surface area contributed by atoms with E-state index in [9.17, 15) is 12.8 Å². The second-order valence-corrected chi connectivity index (χ2v) is 6.97. The van der Waals surface area contributed by atoms with Crippen LogP contribution >= 0.6 is 0 Å². The first-order valence-corrected chi connectivity index (χ1v) is 7.78. The largest absolute Gasteiger partial charge is 0.396 e. The van der Waals surface area contributed by atoms with E-state index in [-0.39, 0.29) is 10.6 Å². The van der Waals surface area contributed by atoms with Crippen molar-refractivity contribution >= 4 is 21.4 Å². The molecule has 0 fully saturated rings. The Labute approximate surface area is 124 Å². The highest BCUT2D eigenvalue weighted by molar-refractivity contribution is 7.92. The van der Waals surface area contributed by atoms with Crippen molar-refractivity contribution in [2.24, 2.45) is 0 Å². The van der Waals surface area contributed by atoms with Crippen LogP contribution in [0.2, 0.25) is 0 Å². The van der Waals surface area contributed by atoms with Crippen molar-refractivity contribution in [3.63, 3.8) is 0 Å². The smallest absolute Gasteiger partial charge is 0.264 e. The summed E-state index contributed by atoms with van der Waals surface area (Å²) in [6.45, 7) is 3.78. The summed E-state index contributed by atoms with van der Waals surface area (Å²) < 4.78 is 39.7. The standard InChI is InChI=1S/C15H17FN2O2S/c1-10-6-11(2)8-12(7-10)18(3)21(19,20)13-4-5-15(17)14(16)9-13/h4-9H,17H2,1-3H3. The average Bonchev–Trinajstić information content (AvgIpc) is 2.39. The number of aryl methyl sites for hydroxylation is 2. The Morgan fingerprint density at radius 2 is 1.62 bits per heavy atom. The van der Waals surface area contributed by atoms with Gasteiger partial charge in [-0.3, -0.25) is 4.31 Å². The summed E-state index contributed by atoms with van der Waals surface area (Å²) in [6, 6.07) is 8.96. The van der Waals surface area contributed by atoms with Crippen LogP contribution in [-0.2, 0) is 10.0 Å². The third-order valence-electron chi connectivity index (χ3n) is 3.20. The normalized spacial score (nSPS) is 11.4. The van der Waals surface area contributed by atoms with E-state index < -0.39 is 15.8 Å². The van der Waals surface area contributed by atoms with Crippen LogP contribution in [-0.4, -0.2) is 15.5 Å². The number of sulfonamides is 1. The van der Waals surface area contributed by atoms with Gasteiger partial charge in [0, 0.05) is 7.05 Å². The Bertz CT molecular complexity index is 768. The number of nitrogens with two attached hydrogens (primary N) is 1. The summed E-state index contributed by atoms with van der Waals surface area (Å²) in [7, 11) is -2.38. The Morgan fingerprint density at radius 1 is 1.05 bits per heavy atom. The maximum Gasteiger partial charge on any atom is 0.264 e. The van der Waals surface area contributed by atoms with Crippen LogP contribution in [0, 0.1) is 19.7 Å². The minimum Gasteiger partial charge on any atom is -0.396 e. The first-order valence-electron chi connectivity index (χ1n) is 6.34. The molecule has 0 radical (unpaired) electrons. The van der Waals surface area contributed by atoms with Gasteiger partial charge in [-0.2, -0.15) is 0 Å². The monoisotopic (exact) mass is 308 g/mol. The van der Waals surface area contributed by atoms with Crippen molar-refractivity contribution in [2.75, 3.05) is 17.1 Å². The highest BCUT2D eigenvalue weighted by Gasteiger charge is 2.22. The van der Waals surface area contributed by atoms with Crippen molar-refractivity contribution in [2.45, 2.75) is 18.7 Å². The minimum absolute atomic E-state index is 0.0806. The van der Waals surface area contributed by atoms with E-state index in [1.807, 2.05) is 19.9 Å². The lowest BCUT2D eigenvalue weighted by molar-refractivity contribution is 0.590. The molecule has 0 spiro atoms. The molecule has 0 aliphatic rings. The van der Waals surface area contributed by atoms with Gasteiger partial charge < -0.3 is 5.73 Å². The Balaban J connectivity index is 2.49. The van der Waals surface area contributed by atoms with E-state index in [4.69, 9.17) is 5.73 Å². The first kappa shape index (κ1) is 15.3. The van der Waals surface area contributed by atoms with Gasteiger partial charge in [-0.15, -0.1) is 0 Å². The number of nitrogens with zero attached hydrogens (tertiary/aromatic N) is 1. The third-order valence-corrected chi connectivity index (χ3v) is 4.98. The molecule has 2 N–H and O–H groups in total. The SMILES string of the molecule is Cc1cc(C)cc(N(C)S(=O)(=O)c2ccc(N)c(F)c2)c1. The van der Waals surface area contributed by atoms with Crippen molar-refractivity contribution in [3.8, 4) is 0 Å². The highest BCUT2D eigenvalue weighted by atomic mass is 32.2. The van der Waals surface area contributed by atoms with Gasteiger partial charge in [0.05, 0.1) is 16.3 Å². The number of anilines is 2. The number of halogens is 1. The van der Waals surface area contributed by atoms with Crippen molar-refractivity contribution < 1.29 is 12.8 Å². The molecule has 0 bridgehead atoms. The molecule has 2 rings (SSSR count). The van der Waals surface area contributed by atoms with E-state index in [0.717, 1.165) is 21.5 Å². The van der Waals surface area contributed by atoms with Gasteiger partial charge in [0.15, 0.2) is 0 Å². The molecule has 6 heteroatoms. The summed E-state index contributed by atoms with van der Waals surface area (Å²) in [5.41, 5.74) is 7.74. The molecule has 0 saturated heterocycles. The Morgan fingerprint density at radius 3 is 2.14 bits per heavy atom. The maximum atomic E-state index is 13.5. The van der Waals surface area contributed by atoms with Crippen molar-refractivity contribution in [1.29, 1.82) is 0 Å². The van der Waals surface area contributed by atoms with Gasteiger partial charge in [0.2, 0.25) is 0 Å². The van der Waals surface area contributed by atoms with Crippen LogP contribution in [0.4, 0.5) is 15.8 Å². The van der Waals surface area contributed by atoms with Crippen LogP contribution < -0.4 is 10.0 Å². The number of nitrogen functional groups attached to an aromatic ring is 1. The summed E-state index contributed by atoms with van der Waals surface area (Å²) >= 11 is 0. The van der Waals surface area contributed by atoms with E-state index in [0.29, 0.717) is 5.69 Å². The Kier molecular flexibility index (Phi) is 3.91. The molecule has 0 unspecified atom stereocenters. The van der Waals surface area contributed by atoms with E-state index in [1.54, 1.807) is 12.1 Å². The summed E-state index contributed by atoms with van der Waals surface area (Å²) in [4.78, 5) is -0.129. The zero-order chi connectivity index (χ0) is 15.8. The van der Waals surface area contributed by atoms with Crippen LogP contribution in [0.5, 0.6) is 0 Å². The zero-order valence-corrected chi connectivity index (χ0v) is 12.9. The van der Waals surface area contributed by atoms with Crippen LogP contribution in [0.15, 0.2) is 41.3 Å². The number of rotatable bonds is 3. The molecule has 0 aliphatic carbocycles. The van der Waals surface area contributed by atoms with Gasteiger partial charge in [0.1, 0.15) is 5.82 Å². The Hall–Kier alpha value is -2.08. The van der Waals surface area contributed by atoms with E-state index in [1.165, 1.54) is 19.2 Å². The molecule has 2 aromatic rings. The summed E-state index contributed by atoms with van der Waals surface area (Å²) in [5, 5.41) is 0. The lowest BCUT2D eigenvalue weighted by Gasteiger charge is -2.20. The second kappa shape index (κ2) is 5.37. The zero-order valence-electron chi connectivity index (χ0n) is 12.1. The molecule has 0 heterocycles. The van der Waals surface area contributed by atoms with Gasteiger partial charge >= 0.3 is 0 Å². The first-order chi connectivity index (χ1) is 9.71. The predicted octanol–water partition coefficient (Wildman–Crippen LogP) is 2.85. The lowest BCUT2D eigenvalue weighted by Crippen LogP contribution is -2.26. The van der Waals surface area contributed by atoms with Gasteiger partial charge in [0.25, 0.3) is 10.0 Å². The topological polar surface area (TPSA) is 63.4 Å². The molecule has 0 aliphatic heterocycles. The quantitative estimate of drug-likeness (QED) is 0.887. The highest BCUT2D eigenvalue weighted by Crippen LogP contribution is 2.25. The van der Waals surface area contributed by atoms with Crippen LogP contribution in [0.3, 0.4) is 0 Å². The molecule has 2 aromatic carbocycles. The molecule has 0 amide bonds. The second-order valence-electron chi connectivity index (χ2n) is 5.00.